The van der Waals surface area contributed by atoms with Gasteiger partial charge in [0.2, 0.25) is 5.91 Å². The Bertz CT molecular complexity index is 1140. The lowest BCUT2D eigenvalue weighted by Gasteiger charge is -2.42. The molecule has 4 heterocycles. The summed E-state index contributed by atoms with van der Waals surface area (Å²) in [6.45, 7) is 1.64. The van der Waals surface area contributed by atoms with E-state index in [4.69, 9.17) is 5.73 Å². The highest BCUT2D eigenvalue weighted by molar-refractivity contribution is 8.04. The number of aliphatic imine (C=N–C) groups is 2. The topological polar surface area (TPSA) is 158 Å². The van der Waals surface area contributed by atoms with E-state index in [0.29, 0.717) is 21.6 Å². The van der Waals surface area contributed by atoms with Crippen LogP contribution in [0.25, 0.3) is 0 Å². The molecule has 34 heavy (non-hydrogen) atoms. The SMILES string of the molecule is CC1=C(C(=O)O)N2C(=O)[C@@H](NC(=O)[C@H](N)c3cc(C4CCC=N4)c(O)c(C4CCC=N4)c3)[C@H]2S1. The minimum absolute atomic E-state index is 0.0446. The van der Waals surface area contributed by atoms with E-state index >= 15 is 0 Å². The predicted octanol–water partition coefficient (Wildman–Crippen LogP) is 1.92. The fraction of sp³-hybridized carbons (Fsp3) is 0.435. The number of carboxylic acids is 1. The smallest absolute Gasteiger partial charge is 0.353 e. The maximum absolute atomic E-state index is 13.1. The summed E-state index contributed by atoms with van der Waals surface area (Å²) in [7, 11) is 0. The molecule has 4 aliphatic rings. The Balaban J connectivity index is 1.38. The van der Waals surface area contributed by atoms with Gasteiger partial charge in [-0.3, -0.25) is 24.5 Å². The second-order valence-corrected chi connectivity index (χ2v) is 10.1. The number of rotatable bonds is 6. The Morgan fingerprint density at radius 3 is 2.26 bits per heavy atom. The van der Waals surface area contributed by atoms with Crippen LogP contribution in [0.4, 0.5) is 0 Å². The van der Waals surface area contributed by atoms with E-state index in [9.17, 15) is 24.6 Å². The van der Waals surface area contributed by atoms with Gasteiger partial charge in [-0.2, -0.15) is 0 Å². The van der Waals surface area contributed by atoms with Gasteiger partial charge in [0.1, 0.15) is 28.9 Å². The lowest BCUT2D eigenvalue weighted by Crippen LogP contribution is -2.68. The van der Waals surface area contributed by atoms with Gasteiger partial charge in [-0.1, -0.05) is 0 Å². The van der Waals surface area contributed by atoms with Crippen LogP contribution in [0, 0.1) is 0 Å². The van der Waals surface area contributed by atoms with E-state index in [1.165, 1.54) is 16.7 Å². The molecule has 4 aliphatic heterocycles. The number of aromatic hydroxyl groups is 1. The number of benzene rings is 1. The van der Waals surface area contributed by atoms with Crippen LogP contribution in [0.2, 0.25) is 0 Å². The number of carbonyl (C=O) groups is 3. The van der Waals surface area contributed by atoms with Crippen LogP contribution in [-0.4, -0.2) is 56.7 Å². The highest BCUT2D eigenvalue weighted by atomic mass is 32.2. The van der Waals surface area contributed by atoms with Gasteiger partial charge in [-0.25, -0.2) is 4.79 Å². The van der Waals surface area contributed by atoms with Gasteiger partial charge in [-0.05, 0) is 62.7 Å². The molecular formula is C23H25N5O5S. The summed E-state index contributed by atoms with van der Waals surface area (Å²) in [6.07, 6.45) is 6.79. The standard InChI is InChI=1S/C23H25N5O5S/c1-10-18(23(32)33)28-21(31)17(22(28)34-10)27-20(30)16(24)11-8-12(14-4-2-6-25-14)19(29)13(9-11)15-5-3-7-26-15/h6-9,14-17,22,29H,2-5,24H2,1H3,(H,27,30)(H,32,33)/t14?,15?,16-,17-,22-/m1/s1. The zero-order valence-corrected chi connectivity index (χ0v) is 19.3. The molecule has 5 rings (SSSR count). The second-order valence-electron chi connectivity index (χ2n) is 8.79. The number of carboxylic acid groups (broad SMARTS) is 1. The maximum Gasteiger partial charge on any atom is 0.353 e. The largest absolute Gasteiger partial charge is 0.507 e. The average molecular weight is 484 g/mol. The van der Waals surface area contributed by atoms with Gasteiger partial charge in [0.05, 0.1) is 12.1 Å². The van der Waals surface area contributed by atoms with Crippen molar-refractivity contribution in [1.29, 1.82) is 0 Å². The summed E-state index contributed by atoms with van der Waals surface area (Å²) in [5.41, 5.74) is 8.03. The molecule has 178 valence electrons. The predicted molar refractivity (Wildman–Crippen MR) is 126 cm³/mol. The van der Waals surface area contributed by atoms with Crippen molar-refractivity contribution >= 4 is 42.0 Å². The fourth-order valence-electron chi connectivity index (χ4n) is 4.89. The van der Waals surface area contributed by atoms with Crippen molar-refractivity contribution in [1.82, 2.24) is 10.2 Å². The minimum Gasteiger partial charge on any atom is -0.507 e. The highest BCUT2D eigenvalue weighted by Crippen LogP contribution is 2.46. The first-order chi connectivity index (χ1) is 16.3. The first-order valence-corrected chi connectivity index (χ1v) is 12.1. The first kappa shape index (κ1) is 22.6. The van der Waals surface area contributed by atoms with Crippen LogP contribution in [0.3, 0.4) is 0 Å². The molecule has 11 heteroatoms. The van der Waals surface area contributed by atoms with Gasteiger partial charge in [0, 0.05) is 16.0 Å². The number of phenolic OH excluding ortho intramolecular Hbond substituents is 1. The van der Waals surface area contributed by atoms with Crippen molar-refractivity contribution in [3.05, 3.63) is 39.4 Å². The Hall–Kier alpha value is -3.18. The molecule has 5 N–H and O–H groups in total. The van der Waals surface area contributed by atoms with Crippen molar-refractivity contribution in [2.24, 2.45) is 15.7 Å². The number of nitrogens with zero attached hydrogens (tertiary/aromatic N) is 3. The molecule has 0 spiro atoms. The molecule has 0 aliphatic carbocycles. The molecule has 1 saturated heterocycles. The number of β-lactam (4-membered cyclic amide) rings is 1. The molecule has 0 aromatic heterocycles. The van der Waals surface area contributed by atoms with E-state index in [0.717, 1.165) is 25.7 Å². The number of hydrogen-bond donors (Lipinski definition) is 4. The quantitative estimate of drug-likeness (QED) is 0.450. The van der Waals surface area contributed by atoms with Crippen LogP contribution in [0.5, 0.6) is 5.75 Å². The monoisotopic (exact) mass is 483 g/mol. The lowest BCUT2D eigenvalue weighted by atomic mass is 9.91. The molecule has 5 atom stereocenters. The Kier molecular flexibility index (Phi) is 5.68. The van der Waals surface area contributed by atoms with Crippen molar-refractivity contribution in [3.63, 3.8) is 0 Å². The van der Waals surface area contributed by atoms with Crippen LogP contribution >= 0.6 is 11.8 Å². The normalized spacial score (nSPS) is 28.3. The van der Waals surface area contributed by atoms with Crippen LogP contribution < -0.4 is 11.1 Å². The number of hydrogen-bond acceptors (Lipinski definition) is 8. The van der Waals surface area contributed by atoms with E-state index in [1.54, 1.807) is 19.1 Å². The number of allylic oxidation sites excluding steroid dienone is 1. The van der Waals surface area contributed by atoms with E-state index in [2.05, 4.69) is 15.3 Å². The van der Waals surface area contributed by atoms with Crippen LogP contribution in [0.15, 0.2) is 32.7 Å². The highest BCUT2D eigenvalue weighted by Gasteiger charge is 2.56. The number of carbonyl (C=O) groups excluding carboxylic acids is 2. The molecule has 0 saturated carbocycles. The second kappa shape index (κ2) is 8.55. The number of nitrogens with two attached hydrogens (primary N) is 1. The molecule has 1 fully saturated rings. The minimum atomic E-state index is -1.17. The van der Waals surface area contributed by atoms with E-state index in [-0.39, 0.29) is 23.5 Å². The van der Waals surface area contributed by atoms with E-state index in [1.807, 2.05) is 12.4 Å². The van der Waals surface area contributed by atoms with Crippen molar-refractivity contribution in [3.8, 4) is 5.75 Å². The van der Waals surface area contributed by atoms with Crippen LogP contribution in [-0.2, 0) is 14.4 Å². The molecule has 2 unspecified atom stereocenters. The Morgan fingerprint density at radius 1 is 1.18 bits per heavy atom. The number of nitrogens with one attached hydrogen (secondary N) is 1. The molecule has 10 nitrogen and oxygen atoms in total. The molecule has 2 amide bonds. The molecule has 0 bridgehead atoms. The third-order valence-corrected chi connectivity index (χ3v) is 7.95. The number of amides is 2. The summed E-state index contributed by atoms with van der Waals surface area (Å²) >= 11 is 1.24. The number of aliphatic carboxylic acids is 1. The van der Waals surface area contributed by atoms with Gasteiger partial charge < -0.3 is 21.3 Å². The summed E-state index contributed by atoms with van der Waals surface area (Å²) < 4.78 is 0. The Labute approximate surface area is 200 Å². The van der Waals surface area contributed by atoms with Gasteiger partial charge in [-0.15, -0.1) is 11.8 Å². The van der Waals surface area contributed by atoms with Crippen LogP contribution in [0.1, 0.15) is 67.4 Å². The average Bonchev–Trinajstić information content (AvgIpc) is 3.57. The lowest BCUT2D eigenvalue weighted by molar-refractivity contribution is -0.150. The van der Waals surface area contributed by atoms with E-state index < -0.39 is 35.2 Å². The van der Waals surface area contributed by atoms with Gasteiger partial charge >= 0.3 is 5.97 Å². The molecule has 1 aromatic carbocycles. The Morgan fingerprint density at radius 2 is 1.76 bits per heavy atom. The molecule has 1 aromatic rings. The van der Waals surface area contributed by atoms with Gasteiger partial charge in [0.25, 0.3) is 5.91 Å². The maximum atomic E-state index is 13.1. The zero-order chi connectivity index (χ0) is 24.1. The molecular weight excluding hydrogens is 458 g/mol. The number of thioether (sulfide) groups is 1. The fourth-order valence-corrected chi connectivity index (χ4v) is 6.19. The van der Waals surface area contributed by atoms with Crippen molar-refractivity contribution < 1.29 is 24.6 Å². The summed E-state index contributed by atoms with van der Waals surface area (Å²) in [5.74, 6) is -2.05. The summed E-state index contributed by atoms with van der Waals surface area (Å²) in [4.78, 5) is 47.8. The third kappa shape index (κ3) is 3.59. The van der Waals surface area contributed by atoms with Crippen molar-refractivity contribution in [2.45, 2.75) is 62.1 Å². The molecule has 0 radical (unpaired) electrons. The summed E-state index contributed by atoms with van der Waals surface area (Å²) in [6, 6.07) is 1.06. The third-order valence-electron chi connectivity index (χ3n) is 6.68. The van der Waals surface area contributed by atoms with Crippen molar-refractivity contribution in [2.75, 3.05) is 0 Å². The summed E-state index contributed by atoms with van der Waals surface area (Å²) in [5, 5.41) is 22.5. The number of fused-ring (bicyclic) bond motifs is 1. The number of phenols is 1. The zero-order valence-electron chi connectivity index (χ0n) is 18.5. The first-order valence-electron chi connectivity index (χ1n) is 11.2. The van der Waals surface area contributed by atoms with Gasteiger partial charge in [0.15, 0.2) is 0 Å².